The molecule has 1 unspecified atom stereocenters. The summed E-state index contributed by atoms with van der Waals surface area (Å²) in [5.74, 6) is 0.728. The number of thiazole rings is 1. The molecule has 0 radical (unpaired) electrons. The Morgan fingerprint density at radius 3 is 2.60 bits per heavy atom. The number of ether oxygens (including phenoxy) is 1. The van der Waals surface area contributed by atoms with Crippen LogP contribution in [0.25, 0.3) is 21.5 Å². The fraction of sp³-hybridized carbons (Fsp3) is 0.367. The molecule has 3 heterocycles. The van der Waals surface area contributed by atoms with E-state index in [2.05, 4.69) is 25.6 Å². The molecule has 2 aromatic heterocycles. The molecular formula is C30H30F3N6O3S+. The minimum atomic E-state index is -4.60. The van der Waals surface area contributed by atoms with Gasteiger partial charge in [-0.3, -0.25) is 10.1 Å². The molecule has 0 spiro atoms. The highest BCUT2D eigenvalue weighted by Gasteiger charge is 2.49. The number of fused-ring (bicyclic) bond motifs is 1. The van der Waals surface area contributed by atoms with Crippen molar-refractivity contribution in [3.8, 4) is 22.9 Å². The number of amides is 3. The second kappa shape index (κ2) is 11.2. The number of hydrogen-bond donors (Lipinski definition) is 2. The molecule has 1 aliphatic heterocycles. The topological polar surface area (TPSA) is 106 Å². The maximum absolute atomic E-state index is 13.8. The first-order chi connectivity index (χ1) is 20.5. The van der Waals surface area contributed by atoms with Crippen molar-refractivity contribution in [2.24, 2.45) is 5.92 Å². The van der Waals surface area contributed by atoms with E-state index in [1.807, 2.05) is 13.0 Å². The fourth-order valence-electron chi connectivity index (χ4n) is 5.69. The number of hydrogen-bond acceptors (Lipinski definition) is 7. The Balaban J connectivity index is 1.34. The highest BCUT2D eigenvalue weighted by Crippen LogP contribution is 2.41. The smallest absolute Gasteiger partial charge is 0.421 e. The van der Waals surface area contributed by atoms with Crippen LogP contribution in [0.2, 0.25) is 0 Å². The highest BCUT2D eigenvalue weighted by atomic mass is 32.1. The minimum absolute atomic E-state index is 0.0263. The summed E-state index contributed by atoms with van der Waals surface area (Å²) in [6, 6.07) is 9.85. The van der Waals surface area contributed by atoms with Crippen molar-refractivity contribution in [2.75, 3.05) is 23.7 Å². The van der Waals surface area contributed by atoms with Crippen LogP contribution in [-0.4, -0.2) is 50.5 Å². The van der Waals surface area contributed by atoms with E-state index in [0.717, 1.165) is 42.5 Å². The van der Waals surface area contributed by atoms with Crippen LogP contribution < -0.4 is 15.4 Å². The lowest BCUT2D eigenvalue weighted by molar-refractivity contribution is -0.860. The lowest BCUT2D eigenvalue weighted by atomic mass is 10.1. The Kier molecular flexibility index (Phi) is 7.55. The van der Waals surface area contributed by atoms with Gasteiger partial charge in [0, 0.05) is 37.3 Å². The molecule has 43 heavy (non-hydrogen) atoms. The summed E-state index contributed by atoms with van der Waals surface area (Å²) in [4.78, 5) is 38.3. The summed E-state index contributed by atoms with van der Waals surface area (Å²) in [7, 11) is 0. The molecule has 9 nitrogen and oxygen atoms in total. The number of urea groups is 1. The summed E-state index contributed by atoms with van der Waals surface area (Å²) >= 11 is 1.29. The molecule has 4 aromatic rings. The standard InChI is InChI=1S/C30H29F3N6O3S/c1-17-5-4-12-39(17,15-19-8-9-19)29(41)37-23-13-20(30(31,32)33)10-11-21(23)22-14-26(35-16-34-22)42-24-6-3-7-25-27(24)38-28(43-25)36-18(2)40/h3,6-7,10-11,13-14,16-17,19H,4-5,8-9,12,15H2,1-2H3,(H-,34,35,36,37,38,40,41)/p+1/t17-,39?/m1/s1. The van der Waals surface area contributed by atoms with E-state index in [4.69, 9.17) is 4.74 Å². The molecule has 0 bridgehead atoms. The second-order valence-corrected chi connectivity index (χ2v) is 12.2. The van der Waals surface area contributed by atoms with E-state index in [0.29, 0.717) is 41.0 Å². The first-order valence-corrected chi connectivity index (χ1v) is 14.9. The normalized spacial score (nSPS) is 20.3. The molecular weight excluding hydrogens is 581 g/mol. The van der Waals surface area contributed by atoms with Crippen molar-refractivity contribution in [1.82, 2.24) is 15.0 Å². The summed E-state index contributed by atoms with van der Waals surface area (Å²) in [5, 5.41) is 5.95. The number of aromatic nitrogens is 3. The number of nitrogens with one attached hydrogen (secondary N) is 2. The molecule has 2 atom stereocenters. The SMILES string of the molecule is CC(=O)Nc1nc2c(Oc3cc(-c4ccc(C(F)(F)F)cc4NC(=O)[N+]4(CC5CC5)CCC[C@H]4C)ncn3)cccc2s1. The molecule has 3 amide bonds. The molecule has 2 N–H and O–H groups in total. The molecule has 13 heteroatoms. The summed E-state index contributed by atoms with van der Waals surface area (Å²) < 4.78 is 48.4. The predicted molar refractivity (Wildman–Crippen MR) is 157 cm³/mol. The molecule has 2 fully saturated rings. The van der Waals surface area contributed by atoms with Crippen molar-refractivity contribution >= 4 is 44.3 Å². The number of benzene rings is 2. The van der Waals surface area contributed by atoms with Crippen molar-refractivity contribution < 1.29 is 32.0 Å². The maximum atomic E-state index is 13.8. The van der Waals surface area contributed by atoms with Gasteiger partial charge in [0.15, 0.2) is 10.9 Å². The fourth-order valence-corrected chi connectivity index (χ4v) is 6.62. The van der Waals surface area contributed by atoms with Crippen LogP contribution in [0.15, 0.2) is 48.8 Å². The van der Waals surface area contributed by atoms with Crippen LogP contribution in [0, 0.1) is 5.92 Å². The van der Waals surface area contributed by atoms with Gasteiger partial charge in [-0.05, 0) is 44.0 Å². The Labute approximate surface area is 249 Å². The van der Waals surface area contributed by atoms with E-state index >= 15 is 0 Å². The van der Waals surface area contributed by atoms with Crippen LogP contribution in [-0.2, 0) is 11.0 Å². The van der Waals surface area contributed by atoms with E-state index in [9.17, 15) is 22.8 Å². The van der Waals surface area contributed by atoms with Crippen molar-refractivity contribution in [3.63, 3.8) is 0 Å². The van der Waals surface area contributed by atoms with Gasteiger partial charge in [0.05, 0.1) is 40.8 Å². The third-order valence-electron chi connectivity index (χ3n) is 8.09. The Morgan fingerprint density at radius 1 is 1.09 bits per heavy atom. The first kappa shape index (κ1) is 29.0. The summed E-state index contributed by atoms with van der Waals surface area (Å²) in [6.07, 6.45) is 0.577. The Bertz CT molecular complexity index is 1710. The van der Waals surface area contributed by atoms with E-state index in [1.165, 1.54) is 36.7 Å². The van der Waals surface area contributed by atoms with Gasteiger partial charge in [-0.1, -0.05) is 23.5 Å². The van der Waals surface area contributed by atoms with E-state index in [-0.39, 0.29) is 39.7 Å². The lowest BCUT2D eigenvalue weighted by Gasteiger charge is -2.36. The number of halogens is 3. The summed E-state index contributed by atoms with van der Waals surface area (Å²) in [6.45, 7) is 4.79. The zero-order chi connectivity index (χ0) is 30.4. The first-order valence-electron chi connectivity index (χ1n) is 14.1. The largest absolute Gasteiger partial charge is 0.437 e. The number of carbonyl (C=O) groups is 2. The molecule has 224 valence electrons. The van der Waals surface area contributed by atoms with E-state index in [1.54, 1.807) is 12.1 Å². The second-order valence-electron chi connectivity index (χ2n) is 11.2. The Hall–Kier alpha value is -4.10. The van der Waals surface area contributed by atoms with Gasteiger partial charge in [-0.25, -0.2) is 24.2 Å². The zero-order valence-electron chi connectivity index (χ0n) is 23.6. The third kappa shape index (κ3) is 6.04. The van der Waals surface area contributed by atoms with Gasteiger partial charge in [0.25, 0.3) is 0 Å². The average Bonchev–Trinajstić information content (AvgIpc) is 3.55. The number of carbonyl (C=O) groups excluding carboxylic acids is 2. The lowest BCUT2D eigenvalue weighted by Crippen LogP contribution is -2.58. The van der Waals surface area contributed by atoms with Crippen LogP contribution in [0.5, 0.6) is 11.6 Å². The number of anilines is 2. The number of nitrogens with zero attached hydrogens (tertiary/aromatic N) is 4. The average molecular weight is 612 g/mol. The van der Waals surface area contributed by atoms with Crippen molar-refractivity contribution in [2.45, 2.75) is 51.7 Å². The van der Waals surface area contributed by atoms with E-state index < -0.39 is 11.7 Å². The van der Waals surface area contributed by atoms with Gasteiger partial charge < -0.3 is 10.1 Å². The summed E-state index contributed by atoms with van der Waals surface area (Å²) in [5.41, 5.74) is 0.263. The monoisotopic (exact) mass is 611 g/mol. The quantitative estimate of drug-likeness (QED) is 0.210. The van der Waals surface area contributed by atoms with Gasteiger partial charge in [0.2, 0.25) is 11.8 Å². The number of alkyl halides is 3. The maximum Gasteiger partial charge on any atom is 0.421 e. The van der Waals surface area contributed by atoms with Gasteiger partial charge >= 0.3 is 12.2 Å². The third-order valence-corrected chi connectivity index (χ3v) is 9.03. The minimum Gasteiger partial charge on any atom is -0.437 e. The highest BCUT2D eigenvalue weighted by molar-refractivity contribution is 7.22. The van der Waals surface area contributed by atoms with Crippen LogP contribution in [0.1, 0.15) is 45.1 Å². The van der Waals surface area contributed by atoms with Crippen molar-refractivity contribution in [1.29, 1.82) is 0 Å². The van der Waals surface area contributed by atoms with Gasteiger partial charge in [-0.15, -0.1) is 0 Å². The molecule has 6 rings (SSSR count). The number of rotatable bonds is 7. The van der Waals surface area contributed by atoms with Crippen molar-refractivity contribution in [3.05, 3.63) is 54.4 Å². The molecule has 2 aromatic carbocycles. The Morgan fingerprint density at radius 2 is 1.91 bits per heavy atom. The molecule has 1 saturated heterocycles. The molecule has 1 saturated carbocycles. The molecule has 2 aliphatic rings. The van der Waals surface area contributed by atoms with Crippen LogP contribution in [0.3, 0.4) is 0 Å². The van der Waals surface area contributed by atoms with Crippen LogP contribution in [0.4, 0.5) is 28.8 Å². The van der Waals surface area contributed by atoms with Crippen LogP contribution >= 0.6 is 11.3 Å². The number of likely N-dealkylation sites (tertiary alicyclic amines) is 1. The van der Waals surface area contributed by atoms with Gasteiger partial charge in [0.1, 0.15) is 11.8 Å². The van der Waals surface area contributed by atoms with Gasteiger partial charge in [-0.2, -0.15) is 13.2 Å². The number of quaternary nitrogens is 1. The predicted octanol–water partition coefficient (Wildman–Crippen LogP) is 7.46. The number of para-hydroxylation sites is 1. The molecule has 1 aliphatic carbocycles. The zero-order valence-corrected chi connectivity index (χ0v) is 24.4.